The molecule has 0 aliphatic carbocycles. The lowest BCUT2D eigenvalue weighted by molar-refractivity contribution is 1.33. The van der Waals surface area contributed by atoms with Gasteiger partial charge in [0.2, 0.25) is 0 Å². The Balaban J connectivity index is 1.83. The van der Waals surface area contributed by atoms with E-state index in [2.05, 4.69) is 35.0 Å². The molecule has 0 unspecified atom stereocenters. The molecule has 20 heavy (non-hydrogen) atoms. The minimum Gasteiger partial charge on any atom is -0.264 e. The molecule has 0 saturated heterocycles. The molecule has 1 heterocycles. The minimum atomic E-state index is 1.02. The second-order valence-electron chi connectivity index (χ2n) is 4.44. The zero-order valence-electron chi connectivity index (χ0n) is 11.0. The lowest BCUT2D eigenvalue weighted by Gasteiger charge is -2.00. The van der Waals surface area contributed by atoms with Gasteiger partial charge in [-0.2, -0.15) is 0 Å². The molecule has 0 saturated carbocycles. The van der Waals surface area contributed by atoms with E-state index in [-0.39, 0.29) is 0 Å². The largest absolute Gasteiger partial charge is 0.264 e. The second-order valence-corrected chi connectivity index (χ2v) is 4.44. The second kappa shape index (κ2) is 5.86. The molecule has 1 heteroatoms. The van der Waals surface area contributed by atoms with Gasteiger partial charge in [0.1, 0.15) is 0 Å². The fourth-order valence-electron chi connectivity index (χ4n) is 1.95. The van der Waals surface area contributed by atoms with Gasteiger partial charge in [-0.15, -0.1) is 0 Å². The maximum absolute atomic E-state index is 4.13. The highest BCUT2D eigenvalue weighted by Crippen LogP contribution is 2.17. The predicted octanol–water partition coefficient (Wildman–Crippen LogP) is 4.15. The molecule has 94 valence electrons. The summed E-state index contributed by atoms with van der Waals surface area (Å²) in [4.78, 5) is 4.13. The van der Waals surface area contributed by atoms with E-state index in [0.717, 1.165) is 22.3 Å². The van der Waals surface area contributed by atoms with Crippen LogP contribution >= 0.6 is 0 Å². The summed E-state index contributed by atoms with van der Waals surface area (Å²) in [6.07, 6.45) is 3.65. The van der Waals surface area contributed by atoms with Crippen LogP contribution in [0.15, 0.2) is 79.1 Å². The van der Waals surface area contributed by atoms with Crippen LogP contribution in [0.1, 0.15) is 11.1 Å². The molecule has 0 spiro atoms. The number of nitrogens with zero attached hydrogens (tertiary/aromatic N) is 1. The summed E-state index contributed by atoms with van der Waals surface area (Å²) in [6, 6.07) is 22.2. The van der Waals surface area contributed by atoms with E-state index in [4.69, 9.17) is 0 Å². The zero-order valence-corrected chi connectivity index (χ0v) is 11.0. The molecule has 0 atom stereocenters. The predicted molar refractivity (Wildman–Crippen MR) is 82.1 cm³/mol. The van der Waals surface area contributed by atoms with Crippen molar-refractivity contribution in [2.24, 2.45) is 0 Å². The van der Waals surface area contributed by atoms with Crippen LogP contribution in [-0.4, -0.2) is 4.98 Å². The average Bonchev–Trinajstić information content (AvgIpc) is 2.55. The molecular formula is C19H13N. The Bertz CT molecular complexity index is 733. The molecular weight excluding hydrogens is 242 g/mol. The summed E-state index contributed by atoms with van der Waals surface area (Å²) >= 11 is 0. The van der Waals surface area contributed by atoms with Gasteiger partial charge in [0, 0.05) is 23.5 Å². The Kier molecular flexibility index (Phi) is 3.57. The van der Waals surface area contributed by atoms with Crippen LogP contribution in [0.25, 0.3) is 11.1 Å². The summed E-state index contributed by atoms with van der Waals surface area (Å²) in [6.45, 7) is 0. The summed E-state index contributed by atoms with van der Waals surface area (Å²) in [5.74, 6) is 6.33. The quantitative estimate of drug-likeness (QED) is 0.595. The van der Waals surface area contributed by atoms with Gasteiger partial charge < -0.3 is 0 Å². The van der Waals surface area contributed by atoms with Crippen molar-refractivity contribution in [3.05, 3.63) is 90.3 Å². The van der Waals surface area contributed by atoms with Crippen molar-refractivity contribution in [3.63, 3.8) is 0 Å². The maximum Gasteiger partial charge on any atom is 0.0346 e. The number of pyridine rings is 1. The van der Waals surface area contributed by atoms with Crippen molar-refractivity contribution in [2.75, 3.05) is 0 Å². The highest BCUT2D eigenvalue weighted by atomic mass is 14.6. The van der Waals surface area contributed by atoms with Crippen molar-refractivity contribution >= 4 is 0 Å². The van der Waals surface area contributed by atoms with Crippen molar-refractivity contribution in [2.45, 2.75) is 0 Å². The van der Waals surface area contributed by atoms with Gasteiger partial charge in [-0.3, -0.25) is 4.98 Å². The van der Waals surface area contributed by atoms with Crippen LogP contribution in [0.5, 0.6) is 0 Å². The standard InChI is InChI=1S/C19H13N/c1-2-5-16(6-3-1)8-9-17-10-12-18(13-11-17)19-7-4-14-20-15-19/h1-7,10-15H. The number of aromatic nitrogens is 1. The fraction of sp³-hybridized carbons (Fsp3) is 0. The molecule has 0 aliphatic heterocycles. The topological polar surface area (TPSA) is 12.9 Å². The van der Waals surface area contributed by atoms with Crippen LogP contribution in [0.4, 0.5) is 0 Å². The highest BCUT2D eigenvalue weighted by molar-refractivity contribution is 5.63. The van der Waals surface area contributed by atoms with Gasteiger partial charge in [-0.05, 0) is 41.5 Å². The summed E-state index contributed by atoms with van der Waals surface area (Å²) in [7, 11) is 0. The van der Waals surface area contributed by atoms with E-state index in [9.17, 15) is 0 Å². The van der Waals surface area contributed by atoms with Crippen LogP contribution in [0.3, 0.4) is 0 Å². The van der Waals surface area contributed by atoms with Crippen LogP contribution in [0.2, 0.25) is 0 Å². The SMILES string of the molecule is C(#Cc1ccc(-c2cccnc2)cc1)c1ccccc1. The maximum atomic E-state index is 4.13. The molecule has 0 bridgehead atoms. The van der Waals surface area contributed by atoms with E-state index in [1.807, 2.05) is 54.7 Å². The van der Waals surface area contributed by atoms with Gasteiger partial charge in [-0.25, -0.2) is 0 Å². The summed E-state index contributed by atoms with van der Waals surface area (Å²) in [5, 5.41) is 0. The van der Waals surface area contributed by atoms with Gasteiger partial charge >= 0.3 is 0 Å². The first-order chi connectivity index (χ1) is 9.92. The smallest absolute Gasteiger partial charge is 0.0346 e. The Morgan fingerprint density at radius 1 is 0.600 bits per heavy atom. The monoisotopic (exact) mass is 255 g/mol. The Morgan fingerprint density at radius 3 is 1.95 bits per heavy atom. The molecule has 0 aliphatic rings. The first kappa shape index (κ1) is 12.2. The first-order valence-electron chi connectivity index (χ1n) is 6.49. The van der Waals surface area contributed by atoms with Crippen molar-refractivity contribution < 1.29 is 0 Å². The number of benzene rings is 2. The Morgan fingerprint density at radius 2 is 1.30 bits per heavy atom. The molecule has 3 aromatic rings. The van der Waals surface area contributed by atoms with E-state index in [0.29, 0.717) is 0 Å². The van der Waals surface area contributed by atoms with Gasteiger partial charge in [-0.1, -0.05) is 48.2 Å². The molecule has 0 amide bonds. The Hall–Kier alpha value is -2.85. The lowest BCUT2D eigenvalue weighted by Crippen LogP contribution is -1.80. The zero-order chi connectivity index (χ0) is 13.6. The molecule has 1 aromatic heterocycles. The van der Waals surface area contributed by atoms with Gasteiger partial charge in [0.15, 0.2) is 0 Å². The number of hydrogen-bond acceptors (Lipinski definition) is 1. The number of rotatable bonds is 1. The fourth-order valence-corrected chi connectivity index (χ4v) is 1.95. The Labute approximate surface area is 118 Å². The number of hydrogen-bond donors (Lipinski definition) is 0. The molecule has 0 fully saturated rings. The van der Waals surface area contributed by atoms with Gasteiger partial charge in [0.25, 0.3) is 0 Å². The third kappa shape index (κ3) is 2.93. The summed E-state index contributed by atoms with van der Waals surface area (Å²) in [5.41, 5.74) is 4.32. The molecule has 2 aromatic carbocycles. The van der Waals surface area contributed by atoms with Gasteiger partial charge in [0.05, 0.1) is 0 Å². The van der Waals surface area contributed by atoms with Crippen LogP contribution in [-0.2, 0) is 0 Å². The summed E-state index contributed by atoms with van der Waals surface area (Å²) < 4.78 is 0. The molecule has 0 N–H and O–H groups in total. The molecule has 0 radical (unpaired) electrons. The molecule has 3 rings (SSSR count). The van der Waals surface area contributed by atoms with Crippen LogP contribution in [0, 0.1) is 11.8 Å². The van der Waals surface area contributed by atoms with E-state index in [1.165, 1.54) is 0 Å². The van der Waals surface area contributed by atoms with Crippen molar-refractivity contribution in [1.82, 2.24) is 4.98 Å². The third-order valence-corrected chi connectivity index (χ3v) is 3.00. The van der Waals surface area contributed by atoms with Crippen LogP contribution < -0.4 is 0 Å². The first-order valence-corrected chi connectivity index (χ1v) is 6.49. The van der Waals surface area contributed by atoms with E-state index in [1.54, 1.807) is 6.20 Å². The highest BCUT2D eigenvalue weighted by Gasteiger charge is 1.96. The minimum absolute atomic E-state index is 1.02. The van der Waals surface area contributed by atoms with E-state index >= 15 is 0 Å². The van der Waals surface area contributed by atoms with E-state index < -0.39 is 0 Å². The lowest BCUT2D eigenvalue weighted by atomic mass is 10.1. The van der Waals surface area contributed by atoms with Crippen molar-refractivity contribution in [1.29, 1.82) is 0 Å². The van der Waals surface area contributed by atoms with Crippen molar-refractivity contribution in [3.8, 4) is 23.0 Å². The average molecular weight is 255 g/mol. The molecule has 1 nitrogen and oxygen atoms in total. The normalized spacial score (nSPS) is 9.60. The third-order valence-electron chi connectivity index (χ3n) is 3.00.